The first kappa shape index (κ1) is 20.2. The van der Waals surface area contributed by atoms with Gasteiger partial charge in [-0.1, -0.05) is 6.07 Å². The monoisotopic (exact) mass is 420 g/mol. The topological polar surface area (TPSA) is 102 Å². The second-order valence-corrected chi connectivity index (χ2v) is 9.40. The van der Waals surface area contributed by atoms with Gasteiger partial charge in [0.25, 0.3) is 0 Å². The maximum absolute atomic E-state index is 12.6. The van der Waals surface area contributed by atoms with Crippen LogP contribution in [0.15, 0.2) is 52.3 Å². The van der Waals surface area contributed by atoms with E-state index in [0.717, 1.165) is 4.90 Å². The first-order valence-electron chi connectivity index (χ1n) is 8.61. The van der Waals surface area contributed by atoms with E-state index in [9.17, 15) is 18.0 Å². The number of amides is 2. The minimum atomic E-state index is -3.67. The third-order valence-electron chi connectivity index (χ3n) is 4.12. The van der Waals surface area contributed by atoms with E-state index in [-0.39, 0.29) is 23.0 Å². The molecule has 0 radical (unpaired) electrons. The molecular formula is C19H20N2O5S2. The van der Waals surface area contributed by atoms with Crippen LogP contribution in [0.3, 0.4) is 0 Å². The average Bonchev–Trinajstić information content (AvgIpc) is 2.86. The minimum Gasteiger partial charge on any atom is -0.497 e. The molecule has 0 aromatic heterocycles. The van der Waals surface area contributed by atoms with Gasteiger partial charge in [-0.15, -0.1) is 11.8 Å². The molecule has 1 heterocycles. The number of ether oxygens (including phenoxy) is 1. The molecule has 1 aliphatic heterocycles. The van der Waals surface area contributed by atoms with Gasteiger partial charge in [-0.05, 0) is 30.3 Å². The van der Waals surface area contributed by atoms with Gasteiger partial charge < -0.3 is 15.4 Å². The number of anilines is 2. The number of methoxy groups -OCH3 is 1. The van der Waals surface area contributed by atoms with Crippen LogP contribution in [-0.2, 0) is 19.4 Å². The number of benzene rings is 2. The van der Waals surface area contributed by atoms with Crippen LogP contribution in [-0.4, -0.2) is 38.8 Å². The van der Waals surface area contributed by atoms with E-state index < -0.39 is 15.7 Å². The summed E-state index contributed by atoms with van der Waals surface area (Å²) in [5.74, 6) is 0.363. The standard InChI is InChI=1S/C19H20N2O5S2/c1-26-14-4-2-3-13(11-14)20-19(23)8-10-28(24,25)15-5-6-17-16(12-15)21-18(22)7-9-27-17/h2-6,11-12H,7-10H2,1H3,(H,20,23)(H,21,22). The maximum Gasteiger partial charge on any atom is 0.225 e. The summed E-state index contributed by atoms with van der Waals surface area (Å²) in [6, 6.07) is 11.5. The summed E-state index contributed by atoms with van der Waals surface area (Å²) >= 11 is 1.50. The molecule has 9 heteroatoms. The molecule has 3 rings (SSSR count). The number of nitrogens with one attached hydrogen (secondary N) is 2. The zero-order valence-electron chi connectivity index (χ0n) is 15.2. The Morgan fingerprint density at radius 3 is 2.86 bits per heavy atom. The minimum absolute atomic E-state index is 0.0863. The highest BCUT2D eigenvalue weighted by Crippen LogP contribution is 2.33. The van der Waals surface area contributed by atoms with E-state index in [4.69, 9.17) is 4.74 Å². The number of thioether (sulfide) groups is 1. The third kappa shape index (κ3) is 5.05. The van der Waals surface area contributed by atoms with Crippen molar-refractivity contribution in [3.05, 3.63) is 42.5 Å². The van der Waals surface area contributed by atoms with Gasteiger partial charge >= 0.3 is 0 Å². The van der Waals surface area contributed by atoms with Crippen molar-refractivity contribution in [3.8, 4) is 5.75 Å². The molecule has 0 atom stereocenters. The maximum atomic E-state index is 12.6. The summed E-state index contributed by atoms with van der Waals surface area (Å²) in [6.45, 7) is 0. The normalized spacial score (nSPS) is 13.8. The Labute approximate surface area is 167 Å². The van der Waals surface area contributed by atoms with Crippen LogP contribution in [0.5, 0.6) is 5.75 Å². The lowest BCUT2D eigenvalue weighted by Crippen LogP contribution is -2.17. The van der Waals surface area contributed by atoms with Gasteiger partial charge in [-0.2, -0.15) is 0 Å². The number of carbonyl (C=O) groups excluding carboxylic acids is 2. The molecule has 1 aliphatic rings. The Kier molecular flexibility index (Phi) is 6.25. The van der Waals surface area contributed by atoms with Crippen molar-refractivity contribution >= 4 is 44.8 Å². The SMILES string of the molecule is COc1cccc(NC(=O)CCS(=O)(=O)c2ccc3c(c2)NC(=O)CCS3)c1. The largest absolute Gasteiger partial charge is 0.497 e. The summed E-state index contributed by atoms with van der Waals surface area (Å²) in [7, 11) is -2.15. The summed E-state index contributed by atoms with van der Waals surface area (Å²) in [5, 5.41) is 5.39. The molecule has 2 aromatic carbocycles. The van der Waals surface area contributed by atoms with Crippen molar-refractivity contribution in [3.63, 3.8) is 0 Å². The number of rotatable bonds is 6. The zero-order chi connectivity index (χ0) is 20.1. The Hall–Kier alpha value is -2.52. The smallest absolute Gasteiger partial charge is 0.225 e. The molecule has 0 fully saturated rings. The number of fused-ring (bicyclic) bond motifs is 1. The molecule has 2 N–H and O–H groups in total. The van der Waals surface area contributed by atoms with Gasteiger partial charge in [-0.3, -0.25) is 9.59 Å². The quantitative estimate of drug-likeness (QED) is 0.745. The second-order valence-electron chi connectivity index (χ2n) is 6.15. The molecule has 0 saturated carbocycles. The molecule has 0 unspecified atom stereocenters. The molecule has 0 aliphatic carbocycles. The molecule has 7 nitrogen and oxygen atoms in total. The van der Waals surface area contributed by atoms with Crippen molar-refractivity contribution in [2.75, 3.05) is 29.2 Å². The molecule has 0 spiro atoms. The summed E-state index contributed by atoms with van der Waals surface area (Å²) in [4.78, 5) is 24.8. The lowest BCUT2D eigenvalue weighted by molar-refractivity contribution is -0.116. The molecule has 2 aromatic rings. The first-order chi connectivity index (χ1) is 13.4. The highest BCUT2D eigenvalue weighted by atomic mass is 32.2. The van der Waals surface area contributed by atoms with E-state index in [2.05, 4.69) is 10.6 Å². The van der Waals surface area contributed by atoms with Crippen molar-refractivity contribution in [1.82, 2.24) is 0 Å². The first-order valence-corrected chi connectivity index (χ1v) is 11.2. The molecule has 28 heavy (non-hydrogen) atoms. The second kappa shape index (κ2) is 8.66. The number of carbonyl (C=O) groups is 2. The lowest BCUT2D eigenvalue weighted by Gasteiger charge is -2.10. The van der Waals surface area contributed by atoms with Crippen molar-refractivity contribution in [2.24, 2.45) is 0 Å². The van der Waals surface area contributed by atoms with Crippen molar-refractivity contribution in [1.29, 1.82) is 0 Å². The molecule has 0 bridgehead atoms. The number of sulfone groups is 1. The highest BCUT2D eigenvalue weighted by Gasteiger charge is 2.20. The van der Waals surface area contributed by atoms with Crippen LogP contribution in [0.2, 0.25) is 0 Å². The lowest BCUT2D eigenvalue weighted by atomic mass is 10.3. The molecule has 148 valence electrons. The third-order valence-corrected chi connectivity index (χ3v) is 6.91. The van der Waals surface area contributed by atoms with Crippen molar-refractivity contribution < 1.29 is 22.7 Å². The predicted molar refractivity (Wildman–Crippen MR) is 109 cm³/mol. The predicted octanol–water partition coefficient (Wildman–Crippen LogP) is 2.93. The van der Waals surface area contributed by atoms with Crippen LogP contribution >= 0.6 is 11.8 Å². The number of hydrogen-bond acceptors (Lipinski definition) is 6. The Balaban J connectivity index is 1.66. The van der Waals surface area contributed by atoms with Gasteiger partial charge in [0.1, 0.15) is 5.75 Å². The molecular weight excluding hydrogens is 400 g/mol. The average molecular weight is 421 g/mol. The van der Waals surface area contributed by atoms with Crippen LogP contribution in [0, 0.1) is 0 Å². The van der Waals surface area contributed by atoms with Gasteiger partial charge in [0.05, 0.1) is 23.4 Å². The summed E-state index contributed by atoms with van der Waals surface area (Å²) in [6.07, 6.45) is 0.198. The van der Waals surface area contributed by atoms with Gasteiger partial charge in [-0.25, -0.2) is 8.42 Å². The Morgan fingerprint density at radius 2 is 2.07 bits per heavy atom. The fourth-order valence-electron chi connectivity index (χ4n) is 2.66. The van der Waals surface area contributed by atoms with E-state index in [1.807, 2.05) is 0 Å². The highest BCUT2D eigenvalue weighted by molar-refractivity contribution is 7.99. The Bertz CT molecular complexity index is 1010. The van der Waals surface area contributed by atoms with E-state index in [1.54, 1.807) is 30.3 Å². The Morgan fingerprint density at radius 1 is 1.25 bits per heavy atom. The zero-order valence-corrected chi connectivity index (χ0v) is 16.9. The molecule has 2 amide bonds. The van der Waals surface area contributed by atoms with E-state index in [0.29, 0.717) is 29.3 Å². The molecule has 0 saturated heterocycles. The van der Waals surface area contributed by atoms with Crippen LogP contribution in [0.1, 0.15) is 12.8 Å². The van der Waals surface area contributed by atoms with Crippen LogP contribution in [0.4, 0.5) is 11.4 Å². The fraction of sp³-hybridized carbons (Fsp3) is 0.263. The van der Waals surface area contributed by atoms with Gasteiger partial charge in [0.15, 0.2) is 9.84 Å². The van der Waals surface area contributed by atoms with E-state index in [1.165, 1.54) is 31.0 Å². The summed E-state index contributed by atoms with van der Waals surface area (Å²) in [5.41, 5.74) is 1.03. The van der Waals surface area contributed by atoms with Crippen molar-refractivity contribution in [2.45, 2.75) is 22.6 Å². The summed E-state index contributed by atoms with van der Waals surface area (Å²) < 4.78 is 30.3. The van der Waals surface area contributed by atoms with Gasteiger partial charge in [0, 0.05) is 35.2 Å². The fourth-order valence-corrected chi connectivity index (χ4v) is 4.86. The van der Waals surface area contributed by atoms with Crippen LogP contribution in [0.25, 0.3) is 0 Å². The van der Waals surface area contributed by atoms with Crippen LogP contribution < -0.4 is 15.4 Å². The number of hydrogen-bond donors (Lipinski definition) is 2. The van der Waals surface area contributed by atoms with E-state index >= 15 is 0 Å². The van der Waals surface area contributed by atoms with Gasteiger partial charge in [0.2, 0.25) is 11.8 Å².